The Hall–Kier alpha value is -3.42. The fraction of sp³-hybridized carbons (Fsp3) is 0.333. The number of para-hydroxylation sites is 2. The van der Waals surface area contributed by atoms with Crippen molar-refractivity contribution in [3.63, 3.8) is 0 Å². The summed E-state index contributed by atoms with van der Waals surface area (Å²) in [4.78, 5) is 25.5. The zero-order valence-corrected chi connectivity index (χ0v) is 16.1. The van der Waals surface area contributed by atoms with E-state index in [9.17, 15) is 9.59 Å². The molecule has 2 aromatic rings. The maximum absolute atomic E-state index is 12.8. The molecule has 2 heterocycles. The molecule has 2 amide bonds. The largest absolute Gasteiger partial charge is 0.493 e. The van der Waals surface area contributed by atoms with Gasteiger partial charge in [0.2, 0.25) is 12.7 Å². The molecule has 8 heteroatoms. The molecule has 29 heavy (non-hydrogen) atoms. The second-order valence-corrected chi connectivity index (χ2v) is 6.69. The van der Waals surface area contributed by atoms with Gasteiger partial charge in [-0.1, -0.05) is 18.2 Å². The van der Waals surface area contributed by atoms with Crippen LogP contribution in [0.5, 0.6) is 23.0 Å². The maximum atomic E-state index is 12.8. The summed E-state index contributed by atoms with van der Waals surface area (Å²) in [5, 5.41) is 2.96. The summed E-state index contributed by atoms with van der Waals surface area (Å²) in [6, 6.07) is 12.5. The van der Waals surface area contributed by atoms with Crippen LogP contribution in [0.15, 0.2) is 42.5 Å². The molecule has 0 aromatic heterocycles. The Morgan fingerprint density at radius 2 is 1.69 bits per heavy atom. The number of methoxy groups -OCH3 is 1. The Bertz CT molecular complexity index is 916. The molecule has 8 nitrogen and oxygen atoms in total. The van der Waals surface area contributed by atoms with Crippen molar-refractivity contribution in [2.75, 3.05) is 33.6 Å². The van der Waals surface area contributed by atoms with E-state index >= 15 is 0 Å². The zero-order chi connectivity index (χ0) is 20.2. The third kappa shape index (κ3) is 4.06. The quantitative estimate of drug-likeness (QED) is 0.741. The van der Waals surface area contributed by atoms with Crippen molar-refractivity contribution in [1.29, 1.82) is 0 Å². The highest BCUT2D eigenvalue weighted by Gasteiger charge is 2.31. The SMILES string of the molecule is COc1ccccc1OCC(=O)N1CCCN1C(=O)Cc1ccc2c(c1)OCO2. The molecule has 0 bridgehead atoms. The van der Waals surface area contributed by atoms with E-state index in [1.165, 1.54) is 10.0 Å². The summed E-state index contributed by atoms with van der Waals surface area (Å²) in [6.45, 7) is 1.01. The number of carbonyl (C=O) groups is 2. The third-order valence-corrected chi connectivity index (χ3v) is 4.82. The van der Waals surface area contributed by atoms with E-state index in [4.69, 9.17) is 18.9 Å². The molecule has 1 fully saturated rings. The van der Waals surface area contributed by atoms with E-state index < -0.39 is 0 Å². The van der Waals surface area contributed by atoms with Crippen molar-refractivity contribution in [2.45, 2.75) is 12.8 Å². The van der Waals surface area contributed by atoms with Crippen molar-refractivity contribution in [3.8, 4) is 23.0 Å². The average molecular weight is 398 g/mol. The number of nitrogens with zero attached hydrogens (tertiary/aromatic N) is 2. The number of hydrogen-bond acceptors (Lipinski definition) is 6. The van der Waals surface area contributed by atoms with Crippen LogP contribution in [0.2, 0.25) is 0 Å². The molecule has 0 aliphatic carbocycles. The smallest absolute Gasteiger partial charge is 0.279 e. The Morgan fingerprint density at radius 3 is 2.48 bits per heavy atom. The standard InChI is InChI=1S/C21H22N2O6/c1-26-16-5-2-3-6-17(16)27-13-21(25)23-10-4-9-22(23)20(24)12-15-7-8-18-19(11-15)29-14-28-18/h2-3,5-8,11H,4,9-10,12-14H2,1H3. The highest BCUT2D eigenvalue weighted by atomic mass is 16.7. The van der Waals surface area contributed by atoms with Gasteiger partial charge < -0.3 is 18.9 Å². The molecule has 2 aromatic carbocycles. The van der Waals surface area contributed by atoms with E-state index in [1.807, 2.05) is 12.1 Å². The number of ether oxygens (including phenoxy) is 4. The van der Waals surface area contributed by atoms with Crippen LogP contribution in [0.25, 0.3) is 0 Å². The van der Waals surface area contributed by atoms with E-state index in [2.05, 4.69) is 0 Å². The Labute approximate surface area is 168 Å². The highest BCUT2D eigenvalue weighted by Crippen LogP contribution is 2.33. The maximum Gasteiger partial charge on any atom is 0.279 e. The van der Waals surface area contributed by atoms with Gasteiger partial charge in [0, 0.05) is 13.1 Å². The Morgan fingerprint density at radius 1 is 0.966 bits per heavy atom. The lowest BCUT2D eigenvalue weighted by molar-refractivity contribution is -0.158. The zero-order valence-electron chi connectivity index (χ0n) is 16.1. The normalized spacial score (nSPS) is 14.8. The fourth-order valence-corrected chi connectivity index (χ4v) is 3.40. The summed E-state index contributed by atoms with van der Waals surface area (Å²) in [5.41, 5.74) is 0.809. The number of carbonyl (C=O) groups excluding carboxylic acids is 2. The number of fused-ring (bicyclic) bond motifs is 1. The number of hydrazine groups is 1. The number of hydrogen-bond donors (Lipinski definition) is 0. The van der Waals surface area contributed by atoms with Crippen molar-refractivity contribution in [1.82, 2.24) is 10.0 Å². The molecule has 0 unspecified atom stereocenters. The molecule has 4 rings (SSSR count). The van der Waals surface area contributed by atoms with Gasteiger partial charge in [-0.3, -0.25) is 14.6 Å². The minimum atomic E-state index is -0.271. The van der Waals surface area contributed by atoms with Gasteiger partial charge in [0.1, 0.15) is 0 Å². The lowest BCUT2D eigenvalue weighted by Gasteiger charge is -2.28. The van der Waals surface area contributed by atoms with Gasteiger partial charge in [-0.15, -0.1) is 0 Å². The van der Waals surface area contributed by atoms with E-state index in [0.29, 0.717) is 36.1 Å². The number of rotatable bonds is 6. The molecule has 0 spiro atoms. The first-order valence-corrected chi connectivity index (χ1v) is 9.40. The summed E-state index contributed by atoms with van der Waals surface area (Å²) >= 11 is 0. The molecule has 0 N–H and O–H groups in total. The van der Waals surface area contributed by atoms with Gasteiger partial charge in [-0.2, -0.15) is 0 Å². The summed E-state index contributed by atoms with van der Waals surface area (Å²) < 4.78 is 21.5. The van der Waals surface area contributed by atoms with Crippen molar-refractivity contribution >= 4 is 11.8 Å². The summed E-state index contributed by atoms with van der Waals surface area (Å²) in [5.74, 6) is 1.93. The predicted octanol–water partition coefficient (Wildman–Crippen LogP) is 2.02. The van der Waals surface area contributed by atoms with Crippen molar-refractivity contribution in [3.05, 3.63) is 48.0 Å². The first-order valence-electron chi connectivity index (χ1n) is 9.40. The molecule has 2 aliphatic heterocycles. The van der Waals surface area contributed by atoms with Gasteiger partial charge in [-0.05, 0) is 36.2 Å². The minimum absolute atomic E-state index is 0.146. The topological polar surface area (TPSA) is 77.5 Å². The second kappa shape index (κ2) is 8.30. The number of amides is 2. The molecule has 152 valence electrons. The lowest BCUT2D eigenvalue weighted by Crippen LogP contribution is -2.47. The van der Waals surface area contributed by atoms with Gasteiger partial charge in [-0.25, -0.2) is 5.01 Å². The van der Waals surface area contributed by atoms with Gasteiger partial charge in [0.25, 0.3) is 5.91 Å². The van der Waals surface area contributed by atoms with E-state index in [1.54, 1.807) is 37.4 Å². The van der Waals surface area contributed by atoms with Crippen LogP contribution in [-0.4, -0.2) is 55.4 Å². The number of benzene rings is 2. The van der Waals surface area contributed by atoms with Gasteiger partial charge in [0.05, 0.1) is 13.5 Å². The predicted molar refractivity (Wildman–Crippen MR) is 103 cm³/mol. The molecular formula is C21H22N2O6. The van der Waals surface area contributed by atoms with Gasteiger partial charge >= 0.3 is 0 Å². The Balaban J connectivity index is 1.37. The first kappa shape index (κ1) is 18.9. The summed E-state index contributed by atoms with van der Waals surface area (Å²) in [7, 11) is 1.54. The van der Waals surface area contributed by atoms with Crippen LogP contribution in [-0.2, 0) is 16.0 Å². The lowest BCUT2D eigenvalue weighted by atomic mass is 10.1. The van der Waals surface area contributed by atoms with E-state index in [-0.39, 0.29) is 31.6 Å². The summed E-state index contributed by atoms with van der Waals surface area (Å²) in [6.07, 6.45) is 0.904. The monoisotopic (exact) mass is 398 g/mol. The van der Waals surface area contributed by atoms with Crippen LogP contribution < -0.4 is 18.9 Å². The highest BCUT2D eigenvalue weighted by molar-refractivity contribution is 5.84. The van der Waals surface area contributed by atoms with Crippen molar-refractivity contribution < 1.29 is 28.5 Å². The Kier molecular flexibility index (Phi) is 5.41. The second-order valence-electron chi connectivity index (χ2n) is 6.69. The molecule has 0 atom stereocenters. The fourth-order valence-electron chi connectivity index (χ4n) is 3.40. The van der Waals surface area contributed by atoms with Crippen molar-refractivity contribution in [2.24, 2.45) is 0 Å². The van der Waals surface area contributed by atoms with Crippen LogP contribution in [0, 0.1) is 0 Å². The molecular weight excluding hydrogens is 376 g/mol. The van der Waals surface area contributed by atoms with E-state index in [0.717, 1.165) is 12.0 Å². The van der Waals surface area contributed by atoms with Gasteiger partial charge in [0.15, 0.2) is 29.6 Å². The average Bonchev–Trinajstić information content (AvgIpc) is 3.41. The van der Waals surface area contributed by atoms with Crippen LogP contribution >= 0.6 is 0 Å². The molecule has 0 radical (unpaired) electrons. The first-order chi connectivity index (χ1) is 14.2. The third-order valence-electron chi connectivity index (χ3n) is 4.82. The molecule has 1 saturated heterocycles. The molecule has 0 saturated carbocycles. The molecule has 2 aliphatic rings. The van der Waals surface area contributed by atoms with Crippen LogP contribution in [0.1, 0.15) is 12.0 Å². The van der Waals surface area contributed by atoms with Crippen LogP contribution in [0.3, 0.4) is 0 Å². The van der Waals surface area contributed by atoms with Crippen LogP contribution in [0.4, 0.5) is 0 Å². The minimum Gasteiger partial charge on any atom is -0.493 e.